The molecule has 2 aromatic rings. The summed E-state index contributed by atoms with van der Waals surface area (Å²) in [5.41, 5.74) is 1.65. The quantitative estimate of drug-likeness (QED) is 0.794. The molecule has 2 rings (SSSR count). The van der Waals surface area contributed by atoms with Crippen molar-refractivity contribution in [2.45, 2.75) is 37.8 Å². The third-order valence-corrected chi connectivity index (χ3v) is 3.75. The van der Waals surface area contributed by atoms with Gasteiger partial charge in [0.05, 0.1) is 5.69 Å². The van der Waals surface area contributed by atoms with Crippen molar-refractivity contribution in [1.29, 1.82) is 0 Å². The van der Waals surface area contributed by atoms with Crippen LogP contribution < -0.4 is 0 Å². The Morgan fingerprint density at radius 1 is 1.32 bits per heavy atom. The van der Waals surface area contributed by atoms with Gasteiger partial charge in [-0.3, -0.25) is 4.79 Å². The second-order valence-corrected chi connectivity index (χ2v) is 5.37. The Morgan fingerprint density at radius 3 is 2.53 bits per heavy atom. The molecular weight excluding hydrogens is 265 g/mol. The van der Waals surface area contributed by atoms with E-state index in [1.165, 1.54) is 24.8 Å². The summed E-state index contributed by atoms with van der Waals surface area (Å²) in [6.07, 6.45) is 0. The Balaban J connectivity index is 2.43. The normalized spacial score (nSPS) is 10.8. The van der Waals surface area contributed by atoms with Gasteiger partial charge in [0.25, 0.3) is 5.22 Å². The maximum atomic E-state index is 13.5. The van der Waals surface area contributed by atoms with E-state index in [9.17, 15) is 9.18 Å². The number of ketones is 1. The van der Waals surface area contributed by atoms with E-state index in [4.69, 9.17) is 4.42 Å². The van der Waals surface area contributed by atoms with Gasteiger partial charge in [0.2, 0.25) is 0 Å². The van der Waals surface area contributed by atoms with Gasteiger partial charge < -0.3 is 4.42 Å². The van der Waals surface area contributed by atoms with Crippen LogP contribution in [0.15, 0.2) is 26.7 Å². The van der Waals surface area contributed by atoms with Crippen LogP contribution in [0.3, 0.4) is 0 Å². The highest BCUT2D eigenvalue weighted by atomic mass is 32.2. The second-order valence-electron chi connectivity index (χ2n) is 4.38. The van der Waals surface area contributed by atoms with Gasteiger partial charge in [-0.1, -0.05) is 0 Å². The molecule has 0 saturated heterocycles. The van der Waals surface area contributed by atoms with Crippen molar-refractivity contribution in [3.05, 3.63) is 40.5 Å². The standard InChI is InChI=1S/C14H14FNO2S/c1-7-5-13(11(9(3)17)6-12(7)15)19-14-16-8(2)10(4)18-14/h5-6H,1-4H3. The summed E-state index contributed by atoms with van der Waals surface area (Å²) in [6.45, 7) is 6.76. The predicted octanol–water partition coefficient (Wildman–Crippen LogP) is 4.09. The monoisotopic (exact) mass is 279 g/mol. The number of hydrogen-bond donors (Lipinski definition) is 0. The minimum atomic E-state index is -0.380. The van der Waals surface area contributed by atoms with Crippen LogP contribution in [0.4, 0.5) is 4.39 Å². The summed E-state index contributed by atoms with van der Waals surface area (Å²) in [4.78, 5) is 16.5. The fraction of sp³-hybridized carbons (Fsp3) is 0.286. The summed E-state index contributed by atoms with van der Waals surface area (Å²) < 4.78 is 19.0. The number of benzene rings is 1. The van der Waals surface area contributed by atoms with Crippen LogP contribution in [-0.4, -0.2) is 10.8 Å². The van der Waals surface area contributed by atoms with Crippen molar-refractivity contribution in [2.75, 3.05) is 0 Å². The zero-order chi connectivity index (χ0) is 14.2. The third kappa shape index (κ3) is 2.87. The van der Waals surface area contributed by atoms with Crippen molar-refractivity contribution in [2.24, 2.45) is 0 Å². The van der Waals surface area contributed by atoms with Gasteiger partial charge in [0.1, 0.15) is 11.6 Å². The maximum Gasteiger partial charge on any atom is 0.261 e. The van der Waals surface area contributed by atoms with E-state index >= 15 is 0 Å². The summed E-state index contributed by atoms with van der Waals surface area (Å²) in [7, 11) is 0. The third-order valence-electron chi connectivity index (χ3n) is 2.85. The molecule has 0 saturated carbocycles. The molecule has 0 fully saturated rings. The van der Waals surface area contributed by atoms with Crippen LogP contribution in [0.1, 0.15) is 34.3 Å². The lowest BCUT2D eigenvalue weighted by Crippen LogP contribution is -1.98. The van der Waals surface area contributed by atoms with Crippen LogP contribution in [0.5, 0.6) is 0 Å². The molecule has 19 heavy (non-hydrogen) atoms. The molecule has 0 aliphatic rings. The van der Waals surface area contributed by atoms with Gasteiger partial charge in [-0.25, -0.2) is 9.37 Å². The van der Waals surface area contributed by atoms with Crippen LogP contribution in [0.2, 0.25) is 0 Å². The summed E-state index contributed by atoms with van der Waals surface area (Å²) in [5.74, 6) is 0.182. The van der Waals surface area contributed by atoms with Gasteiger partial charge in [-0.2, -0.15) is 0 Å². The van der Waals surface area contributed by atoms with E-state index in [1.807, 2.05) is 13.8 Å². The molecule has 0 aliphatic heterocycles. The topological polar surface area (TPSA) is 43.1 Å². The molecule has 0 amide bonds. The second kappa shape index (κ2) is 5.17. The summed E-state index contributed by atoms with van der Waals surface area (Å²) in [5, 5.41) is 0.462. The SMILES string of the molecule is CC(=O)c1cc(F)c(C)cc1Sc1nc(C)c(C)o1. The zero-order valence-corrected chi connectivity index (χ0v) is 12.0. The number of halogens is 1. The Morgan fingerprint density at radius 2 is 2.00 bits per heavy atom. The molecular formula is C14H14FNO2S. The van der Waals surface area contributed by atoms with Crippen LogP contribution in [0.25, 0.3) is 0 Å². The molecule has 0 bridgehead atoms. The molecule has 0 spiro atoms. The van der Waals surface area contributed by atoms with Gasteiger partial charge in [-0.05, 0) is 57.2 Å². The highest BCUT2D eigenvalue weighted by Gasteiger charge is 2.15. The molecule has 1 aromatic carbocycles. The number of hydrogen-bond acceptors (Lipinski definition) is 4. The smallest absolute Gasteiger partial charge is 0.261 e. The van der Waals surface area contributed by atoms with Gasteiger partial charge in [-0.15, -0.1) is 0 Å². The molecule has 0 unspecified atom stereocenters. The first-order valence-electron chi connectivity index (χ1n) is 5.81. The minimum absolute atomic E-state index is 0.179. The number of rotatable bonds is 3. The molecule has 1 heterocycles. The van der Waals surface area contributed by atoms with E-state index in [2.05, 4.69) is 4.98 Å². The van der Waals surface area contributed by atoms with Crippen molar-refractivity contribution in [3.8, 4) is 0 Å². The molecule has 1 aromatic heterocycles. The van der Waals surface area contributed by atoms with Crippen LogP contribution >= 0.6 is 11.8 Å². The van der Waals surface area contributed by atoms with Crippen molar-refractivity contribution < 1.29 is 13.6 Å². The number of Topliss-reactive ketones (excluding diaryl/α,β-unsaturated/α-hetero) is 1. The van der Waals surface area contributed by atoms with Gasteiger partial charge in [0.15, 0.2) is 5.78 Å². The van der Waals surface area contributed by atoms with Crippen molar-refractivity contribution in [3.63, 3.8) is 0 Å². The average Bonchev–Trinajstić information content (AvgIpc) is 2.62. The summed E-state index contributed by atoms with van der Waals surface area (Å²) in [6, 6.07) is 2.91. The van der Waals surface area contributed by atoms with Gasteiger partial charge >= 0.3 is 0 Å². The lowest BCUT2D eigenvalue weighted by molar-refractivity contribution is 0.101. The number of carbonyl (C=O) groups is 1. The summed E-state index contributed by atoms with van der Waals surface area (Å²) >= 11 is 1.24. The molecule has 0 radical (unpaired) electrons. The number of oxazole rings is 1. The van der Waals surface area contributed by atoms with E-state index in [0.717, 1.165) is 11.5 Å². The molecule has 0 atom stereocenters. The van der Waals surface area contributed by atoms with Gasteiger partial charge in [0, 0.05) is 10.5 Å². The number of carbonyl (C=O) groups excluding carboxylic acids is 1. The first-order chi connectivity index (χ1) is 8.88. The first kappa shape index (κ1) is 13.8. The Labute approximate surface area is 115 Å². The largest absolute Gasteiger partial charge is 0.436 e. The van der Waals surface area contributed by atoms with E-state index in [0.29, 0.717) is 21.2 Å². The lowest BCUT2D eigenvalue weighted by atomic mass is 10.1. The lowest BCUT2D eigenvalue weighted by Gasteiger charge is -2.06. The predicted molar refractivity (Wildman–Crippen MR) is 71.2 cm³/mol. The number of aryl methyl sites for hydroxylation is 3. The number of nitrogens with zero attached hydrogens (tertiary/aromatic N) is 1. The highest BCUT2D eigenvalue weighted by molar-refractivity contribution is 7.99. The highest BCUT2D eigenvalue weighted by Crippen LogP contribution is 2.32. The molecule has 100 valence electrons. The van der Waals surface area contributed by atoms with E-state index < -0.39 is 0 Å². The van der Waals surface area contributed by atoms with Crippen LogP contribution in [-0.2, 0) is 0 Å². The first-order valence-corrected chi connectivity index (χ1v) is 6.63. The Hall–Kier alpha value is -1.62. The van der Waals surface area contributed by atoms with E-state index in [1.54, 1.807) is 13.0 Å². The van der Waals surface area contributed by atoms with Crippen molar-refractivity contribution >= 4 is 17.5 Å². The average molecular weight is 279 g/mol. The van der Waals surface area contributed by atoms with E-state index in [-0.39, 0.29) is 11.6 Å². The molecule has 5 heteroatoms. The molecule has 0 N–H and O–H groups in total. The Bertz CT molecular complexity index is 630. The van der Waals surface area contributed by atoms with Crippen LogP contribution in [0, 0.1) is 26.6 Å². The molecule has 3 nitrogen and oxygen atoms in total. The fourth-order valence-electron chi connectivity index (χ4n) is 1.60. The molecule has 0 aliphatic carbocycles. The van der Waals surface area contributed by atoms with Crippen molar-refractivity contribution in [1.82, 2.24) is 4.98 Å². The number of aromatic nitrogens is 1. The Kier molecular flexibility index (Phi) is 3.75. The zero-order valence-electron chi connectivity index (χ0n) is 11.2. The fourth-order valence-corrected chi connectivity index (χ4v) is 2.68. The maximum absolute atomic E-state index is 13.5. The minimum Gasteiger partial charge on any atom is -0.436 e.